The zero-order valence-electron chi connectivity index (χ0n) is 6.68. The predicted octanol–water partition coefficient (Wildman–Crippen LogP) is 0.711. The smallest absolute Gasteiger partial charge is 0.305 e. The van der Waals surface area contributed by atoms with Gasteiger partial charge in [0, 0.05) is 6.42 Å². The van der Waals surface area contributed by atoms with Gasteiger partial charge in [-0.2, -0.15) is 0 Å². The van der Waals surface area contributed by atoms with Crippen LogP contribution in [0.5, 0.6) is 0 Å². The van der Waals surface area contributed by atoms with Crippen molar-refractivity contribution in [1.29, 1.82) is 0 Å². The van der Waals surface area contributed by atoms with Gasteiger partial charge in [0.1, 0.15) is 6.61 Å². The Bertz CT molecular complexity index is 113. The van der Waals surface area contributed by atoms with E-state index < -0.39 is 5.60 Å². The normalized spacial score (nSPS) is 11.2. The molecule has 0 aromatic rings. The molecule has 0 aliphatic heterocycles. The van der Waals surface area contributed by atoms with E-state index in [1.807, 2.05) is 0 Å². The molecule has 3 heteroatoms. The molecule has 0 saturated carbocycles. The fraction of sp³-hybridized carbons (Fsp3) is 0.857. The third kappa shape index (κ3) is 5.56. The second kappa shape index (κ2) is 3.56. The van der Waals surface area contributed by atoms with Crippen molar-refractivity contribution in [1.82, 2.24) is 0 Å². The van der Waals surface area contributed by atoms with Crippen LogP contribution in [0.15, 0.2) is 0 Å². The summed E-state index contributed by atoms with van der Waals surface area (Å²) in [6.45, 7) is 4.97. The number of hydrogen-bond donors (Lipinski definition) is 1. The van der Waals surface area contributed by atoms with Crippen molar-refractivity contribution in [2.24, 2.45) is 0 Å². The average Bonchev–Trinajstić information content (AvgIpc) is 1.81. The second-order valence-corrected chi connectivity index (χ2v) is 2.83. The summed E-state index contributed by atoms with van der Waals surface area (Å²) >= 11 is 0. The highest BCUT2D eigenvalue weighted by Crippen LogP contribution is 2.01. The van der Waals surface area contributed by atoms with E-state index in [9.17, 15) is 4.79 Å². The molecule has 0 rings (SSSR count). The van der Waals surface area contributed by atoms with Crippen molar-refractivity contribution in [2.45, 2.75) is 32.8 Å². The first-order valence-electron chi connectivity index (χ1n) is 3.33. The highest BCUT2D eigenvalue weighted by Gasteiger charge is 2.14. The van der Waals surface area contributed by atoms with Crippen LogP contribution in [0.3, 0.4) is 0 Å². The molecular formula is C7H14O3. The molecule has 3 nitrogen and oxygen atoms in total. The molecule has 0 radical (unpaired) electrons. The molecule has 0 aromatic carbocycles. The van der Waals surface area contributed by atoms with Gasteiger partial charge in [-0.15, -0.1) is 0 Å². The number of carbonyl (C=O) groups excluding carboxylic acids is 1. The van der Waals surface area contributed by atoms with E-state index in [0.29, 0.717) is 6.42 Å². The number of aliphatic hydroxyl groups is 1. The van der Waals surface area contributed by atoms with Crippen molar-refractivity contribution in [2.75, 3.05) is 6.61 Å². The number of hydrogen-bond acceptors (Lipinski definition) is 3. The van der Waals surface area contributed by atoms with Gasteiger partial charge in [0.05, 0.1) is 5.60 Å². The first-order valence-corrected chi connectivity index (χ1v) is 3.33. The third-order valence-electron chi connectivity index (χ3n) is 0.875. The zero-order valence-corrected chi connectivity index (χ0v) is 6.68. The molecule has 0 amide bonds. The van der Waals surface area contributed by atoms with Crippen LogP contribution in [0, 0.1) is 0 Å². The van der Waals surface area contributed by atoms with Crippen molar-refractivity contribution in [3.63, 3.8) is 0 Å². The quantitative estimate of drug-likeness (QED) is 0.596. The van der Waals surface area contributed by atoms with Crippen LogP contribution >= 0.6 is 0 Å². The Morgan fingerprint density at radius 2 is 2.10 bits per heavy atom. The van der Waals surface area contributed by atoms with Crippen LogP contribution in [-0.2, 0) is 9.53 Å². The Morgan fingerprint density at radius 1 is 1.60 bits per heavy atom. The van der Waals surface area contributed by atoms with E-state index >= 15 is 0 Å². The minimum absolute atomic E-state index is 0.0691. The van der Waals surface area contributed by atoms with Gasteiger partial charge in [-0.3, -0.25) is 4.79 Å². The second-order valence-electron chi connectivity index (χ2n) is 2.83. The lowest BCUT2D eigenvalue weighted by molar-refractivity contribution is -0.149. The minimum Gasteiger partial charge on any atom is -0.463 e. The van der Waals surface area contributed by atoms with Crippen LogP contribution < -0.4 is 0 Å². The first-order chi connectivity index (χ1) is 4.45. The highest BCUT2D eigenvalue weighted by molar-refractivity contribution is 5.68. The maximum Gasteiger partial charge on any atom is 0.305 e. The number of carbonyl (C=O) groups is 1. The van der Waals surface area contributed by atoms with Gasteiger partial charge in [-0.1, -0.05) is 6.92 Å². The molecule has 60 valence electrons. The third-order valence-corrected chi connectivity index (χ3v) is 0.875. The molecule has 0 fully saturated rings. The zero-order chi connectivity index (χ0) is 8.20. The van der Waals surface area contributed by atoms with Gasteiger partial charge >= 0.3 is 5.97 Å². The van der Waals surface area contributed by atoms with Gasteiger partial charge in [-0.05, 0) is 13.8 Å². The van der Waals surface area contributed by atoms with Gasteiger partial charge < -0.3 is 9.84 Å². The molecule has 0 heterocycles. The molecule has 1 N–H and O–H groups in total. The summed E-state index contributed by atoms with van der Waals surface area (Å²) in [5.74, 6) is -0.276. The largest absolute Gasteiger partial charge is 0.463 e. The molecule has 0 aromatic heterocycles. The van der Waals surface area contributed by atoms with Crippen LogP contribution in [0.1, 0.15) is 27.2 Å². The van der Waals surface area contributed by atoms with Gasteiger partial charge in [0.15, 0.2) is 0 Å². The minimum atomic E-state index is -0.912. The molecular weight excluding hydrogens is 132 g/mol. The molecule has 0 unspecified atom stereocenters. The summed E-state index contributed by atoms with van der Waals surface area (Å²) in [6, 6.07) is 0. The summed E-state index contributed by atoms with van der Waals surface area (Å²) in [5.41, 5.74) is -0.912. The summed E-state index contributed by atoms with van der Waals surface area (Å²) in [5, 5.41) is 9.08. The standard InChI is InChI=1S/C7H14O3/c1-4-6(8)10-5-7(2,3)9/h9H,4-5H2,1-3H3. The van der Waals surface area contributed by atoms with E-state index in [1.54, 1.807) is 20.8 Å². The van der Waals surface area contributed by atoms with E-state index in [0.717, 1.165) is 0 Å². The van der Waals surface area contributed by atoms with Gasteiger partial charge in [-0.25, -0.2) is 0 Å². The van der Waals surface area contributed by atoms with Gasteiger partial charge in [0.25, 0.3) is 0 Å². The molecule has 10 heavy (non-hydrogen) atoms. The van der Waals surface area contributed by atoms with Gasteiger partial charge in [0.2, 0.25) is 0 Å². The van der Waals surface area contributed by atoms with Crippen LogP contribution in [-0.4, -0.2) is 23.3 Å². The molecule has 0 atom stereocenters. The van der Waals surface area contributed by atoms with E-state index in [1.165, 1.54) is 0 Å². The molecule has 0 aliphatic rings. The number of ether oxygens (including phenoxy) is 1. The fourth-order valence-electron chi connectivity index (χ4n) is 0.359. The lowest BCUT2D eigenvalue weighted by Gasteiger charge is -2.16. The van der Waals surface area contributed by atoms with Crippen molar-refractivity contribution < 1.29 is 14.6 Å². The van der Waals surface area contributed by atoms with Crippen molar-refractivity contribution >= 4 is 5.97 Å². The van der Waals surface area contributed by atoms with Crippen LogP contribution in [0.25, 0.3) is 0 Å². The molecule has 0 aliphatic carbocycles. The van der Waals surface area contributed by atoms with Crippen molar-refractivity contribution in [3.8, 4) is 0 Å². The highest BCUT2D eigenvalue weighted by atomic mass is 16.5. The first kappa shape index (κ1) is 9.43. The summed E-state index contributed by atoms with van der Waals surface area (Å²) in [4.78, 5) is 10.5. The Hall–Kier alpha value is -0.570. The van der Waals surface area contributed by atoms with E-state index in [-0.39, 0.29) is 12.6 Å². The predicted molar refractivity (Wildman–Crippen MR) is 37.5 cm³/mol. The lowest BCUT2D eigenvalue weighted by Crippen LogP contribution is -2.27. The van der Waals surface area contributed by atoms with Crippen molar-refractivity contribution in [3.05, 3.63) is 0 Å². The molecule has 0 bridgehead atoms. The Morgan fingerprint density at radius 3 is 2.40 bits per heavy atom. The topological polar surface area (TPSA) is 46.5 Å². The summed E-state index contributed by atoms with van der Waals surface area (Å²) in [6.07, 6.45) is 0.357. The Labute approximate surface area is 61.0 Å². The SMILES string of the molecule is CCC(=O)OCC(C)(C)O. The summed E-state index contributed by atoms with van der Waals surface area (Å²) < 4.78 is 4.67. The Balaban J connectivity index is 3.46. The Kier molecular flexibility index (Phi) is 3.36. The van der Waals surface area contributed by atoms with E-state index in [2.05, 4.69) is 4.74 Å². The number of esters is 1. The number of rotatable bonds is 3. The van der Waals surface area contributed by atoms with Crippen LogP contribution in [0.2, 0.25) is 0 Å². The maximum atomic E-state index is 10.5. The monoisotopic (exact) mass is 146 g/mol. The maximum absolute atomic E-state index is 10.5. The van der Waals surface area contributed by atoms with Crippen LogP contribution in [0.4, 0.5) is 0 Å². The summed E-state index contributed by atoms with van der Waals surface area (Å²) in [7, 11) is 0. The lowest BCUT2D eigenvalue weighted by atomic mass is 10.2. The fourth-order valence-corrected chi connectivity index (χ4v) is 0.359. The van der Waals surface area contributed by atoms with E-state index in [4.69, 9.17) is 5.11 Å². The molecule has 0 spiro atoms. The molecule has 0 saturated heterocycles. The average molecular weight is 146 g/mol.